The number of hydrogen-bond donors (Lipinski definition) is 1. The number of nitrogens with zero attached hydrogens (tertiary/aromatic N) is 1. The number of primary sulfonamides is 1. The number of sulfonamides is 1. The van der Waals surface area contributed by atoms with E-state index >= 15 is 0 Å². The Hall–Kier alpha value is -0.820. The molecule has 1 amide bonds. The molecule has 0 radical (unpaired) electrons. The average molecular weight is 351 g/mol. The predicted octanol–water partition coefficient (Wildman–Crippen LogP) is 1.82. The molecule has 1 aromatic carbocycles. The van der Waals surface area contributed by atoms with Crippen molar-refractivity contribution in [2.75, 3.05) is 13.1 Å². The van der Waals surface area contributed by atoms with Crippen LogP contribution in [0, 0.1) is 0 Å². The predicted molar refractivity (Wildman–Crippen MR) is 82.9 cm³/mol. The number of halogens is 2. The van der Waals surface area contributed by atoms with Crippen molar-refractivity contribution < 1.29 is 13.2 Å². The van der Waals surface area contributed by atoms with E-state index in [4.69, 9.17) is 28.3 Å². The number of carbonyl (C=O) groups is 1. The first-order valence-corrected chi connectivity index (χ1v) is 8.87. The highest BCUT2D eigenvalue weighted by molar-refractivity contribution is 7.89. The van der Waals surface area contributed by atoms with E-state index < -0.39 is 15.3 Å². The molecule has 1 unspecified atom stereocenters. The Morgan fingerprint density at radius 1 is 1.33 bits per heavy atom. The second-order valence-corrected chi connectivity index (χ2v) is 7.78. The van der Waals surface area contributed by atoms with Crippen LogP contribution in [0.4, 0.5) is 0 Å². The Bertz CT molecular complexity index is 649. The van der Waals surface area contributed by atoms with E-state index in [1.807, 2.05) is 0 Å². The minimum absolute atomic E-state index is 0.137. The molecule has 1 heterocycles. The van der Waals surface area contributed by atoms with Crippen LogP contribution in [0.3, 0.4) is 0 Å². The summed E-state index contributed by atoms with van der Waals surface area (Å²) in [6.45, 7) is 0.700. The Morgan fingerprint density at radius 3 is 2.67 bits per heavy atom. The number of benzene rings is 1. The molecule has 116 valence electrons. The van der Waals surface area contributed by atoms with Gasteiger partial charge in [-0.3, -0.25) is 4.79 Å². The van der Waals surface area contributed by atoms with E-state index in [2.05, 4.69) is 0 Å². The average Bonchev–Trinajstić information content (AvgIpc) is 2.42. The third-order valence-corrected chi connectivity index (χ3v) is 5.59. The fraction of sp³-hybridized carbons (Fsp3) is 0.462. The third-order valence-electron chi connectivity index (χ3n) is 3.53. The maximum atomic E-state index is 12.3. The minimum atomic E-state index is -3.61. The molecule has 0 saturated carbocycles. The standard InChI is InChI=1S/C13H16Cl2N2O3S/c14-11-4-3-9(6-12(11)15)7-13(18)17-5-1-2-10(8-17)21(16,19)20/h3-4,6,10H,1-2,5,7-8H2,(H2,16,19,20). The van der Waals surface area contributed by atoms with E-state index in [0.29, 0.717) is 29.4 Å². The normalized spacial score (nSPS) is 19.6. The van der Waals surface area contributed by atoms with Crippen molar-refractivity contribution in [3.8, 4) is 0 Å². The van der Waals surface area contributed by atoms with Gasteiger partial charge in [0.15, 0.2) is 0 Å². The molecule has 1 aliphatic rings. The Labute approximate surface area is 134 Å². The van der Waals surface area contributed by atoms with Crippen LogP contribution in [-0.4, -0.2) is 37.6 Å². The number of rotatable bonds is 3. The van der Waals surface area contributed by atoms with Gasteiger partial charge in [-0.1, -0.05) is 29.3 Å². The van der Waals surface area contributed by atoms with Crippen molar-refractivity contribution in [1.82, 2.24) is 4.90 Å². The van der Waals surface area contributed by atoms with Gasteiger partial charge < -0.3 is 4.90 Å². The zero-order chi connectivity index (χ0) is 15.6. The van der Waals surface area contributed by atoms with Crippen LogP contribution < -0.4 is 5.14 Å². The van der Waals surface area contributed by atoms with E-state index in [-0.39, 0.29) is 18.9 Å². The molecule has 1 aliphatic heterocycles. The van der Waals surface area contributed by atoms with E-state index in [0.717, 1.165) is 5.56 Å². The maximum absolute atomic E-state index is 12.3. The van der Waals surface area contributed by atoms with Crippen LogP contribution in [0.1, 0.15) is 18.4 Å². The van der Waals surface area contributed by atoms with Crippen LogP contribution in [0.5, 0.6) is 0 Å². The number of nitrogens with two attached hydrogens (primary N) is 1. The van der Waals surface area contributed by atoms with Gasteiger partial charge in [0, 0.05) is 13.1 Å². The fourth-order valence-corrected chi connectivity index (χ4v) is 3.57. The highest BCUT2D eigenvalue weighted by Gasteiger charge is 2.30. The summed E-state index contributed by atoms with van der Waals surface area (Å²) in [5.74, 6) is -0.137. The highest BCUT2D eigenvalue weighted by Crippen LogP contribution is 2.23. The first-order valence-electron chi connectivity index (χ1n) is 6.50. The second-order valence-electron chi connectivity index (χ2n) is 5.12. The van der Waals surface area contributed by atoms with Gasteiger partial charge in [-0.2, -0.15) is 0 Å². The summed E-state index contributed by atoms with van der Waals surface area (Å²) in [4.78, 5) is 13.8. The van der Waals surface area contributed by atoms with Crippen molar-refractivity contribution in [2.24, 2.45) is 5.14 Å². The molecule has 1 saturated heterocycles. The lowest BCUT2D eigenvalue weighted by Crippen LogP contribution is -2.47. The Morgan fingerprint density at radius 2 is 2.05 bits per heavy atom. The maximum Gasteiger partial charge on any atom is 0.227 e. The molecular formula is C13H16Cl2N2O3S. The topological polar surface area (TPSA) is 80.5 Å². The number of hydrogen-bond acceptors (Lipinski definition) is 3. The summed E-state index contributed by atoms with van der Waals surface area (Å²) in [5.41, 5.74) is 0.743. The molecular weight excluding hydrogens is 335 g/mol. The summed E-state index contributed by atoms with van der Waals surface area (Å²) < 4.78 is 22.8. The summed E-state index contributed by atoms with van der Waals surface area (Å²) in [7, 11) is -3.61. The van der Waals surface area contributed by atoms with E-state index in [9.17, 15) is 13.2 Å². The molecule has 8 heteroatoms. The summed E-state index contributed by atoms with van der Waals surface area (Å²) in [5, 5.41) is 5.31. The van der Waals surface area contributed by atoms with Gasteiger partial charge in [0.1, 0.15) is 0 Å². The molecule has 5 nitrogen and oxygen atoms in total. The zero-order valence-electron chi connectivity index (χ0n) is 11.3. The highest BCUT2D eigenvalue weighted by atomic mass is 35.5. The van der Waals surface area contributed by atoms with Gasteiger partial charge in [-0.15, -0.1) is 0 Å². The monoisotopic (exact) mass is 350 g/mol. The molecule has 1 aromatic rings. The van der Waals surface area contributed by atoms with Crippen molar-refractivity contribution in [3.05, 3.63) is 33.8 Å². The van der Waals surface area contributed by atoms with E-state index in [1.54, 1.807) is 23.1 Å². The zero-order valence-corrected chi connectivity index (χ0v) is 13.6. The van der Waals surface area contributed by atoms with Crippen LogP contribution >= 0.6 is 23.2 Å². The van der Waals surface area contributed by atoms with Gasteiger partial charge in [-0.25, -0.2) is 13.6 Å². The van der Waals surface area contributed by atoms with Gasteiger partial charge in [0.25, 0.3) is 0 Å². The lowest BCUT2D eigenvalue weighted by Gasteiger charge is -2.31. The second kappa shape index (κ2) is 6.52. The minimum Gasteiger partial charge on any atom is -0.341 e. The smallest absolute Gasteiger partial charge is 0.227 e. The number of carbonyl (C=O) groups excluding carboxylic acids is 1. The van der Waals surface area contributed by atoms with Crippen molar-refractivity contribution >= 4 is 39.1 Å². The van der Waals surface area contributed by atoms with Gasteiger partial charge in [0.2, 0.25) is 15.9 Å². The number of amides is 1. The largest absolute Gasteiger partial charge is 0.341 e. The SMILES string of the molecule is NS(=O)(=O)C1CCCN(C(=O)Cc2ccc(Cl)c(Cl)c2)C1. The molecule has 21 heavy (non-hydrogen) atoms. The van der Waals surface area contributed by atoms with Gasteiger partial charge in [-0.05, 0) is 30.5 Å². The van der Waals surface area contributed by atoms with Gasteiger partial charge in [0.05, 0.1) is 21.7 Å². The molecule has 2 N–H and O–H groups in total. The summed E-state index contributed by atoms with van der Waals surface area (Å²) in [6, 6.07) is 5.01. The van der Waals surface area contributed by atoms with Crippen LogP contribution in [0.15, 0.2) is 18.2 Å². The Kier molecular flexibility index (Phi) is 5.14. The molecule has 0 aromatic heterocycles. The first-order chi connectivity index (χ1) is 9.77. The molecule has 1 fully saturated rings. The van der Waals surface area contributed by atoms with Gasteiger partial charge >= 0.3 is 0 Å². The summed E-state index contributed by atoms with van der Waals surface area (Å²) >= 11 is 11.7. The molecule has 0 aliphatic carbocycles. The number of likely N-dealkylation sites (tertiary alicyclic amines) is 1. The number of piperidine rings is 1. The first kappa shape index (κ1) is 16.5. The molecule has 2 rings (SSSR count). The van der Waals surface area contributed by atoms with Crippen LogP contribution in [-0.2, 0) is 21.2 Å². The molecule has 1 atom stereocenters. The lowest BCUT2D eigenvalue weighted by atomic mass is 10.1. The quantitative estimate of drug-likeness (QED) is 0.902. The molecule has 0 bridgehead atoms. The van der Waals surface area contributed by atoms with Crippen molar-refractivity contribution in [3.63, 3.8) is 0 Å². The van der Waals surface area contributed by atoms with Crippen LogP contribution in [0.2, 0.25) is 10.0 Å². The Balaban J connectivity index is 2.04. The van der Waals surface area contributed by atoms with Crippen molar-refractivity contribution in [2.45, 2.75) is 24.5 Å². The third kappa shape index (κ3) is 4.32. The fourth-order valence-electron chi connectivity index (χ4n) is 2.37. The van der Waals surface area contributed by atoms with Crippen LogP contribution in [0.25, 0.3) is 0 Å². The van der Waals surface area contributed by atoms with Crippen molar-refractivity contribution in [1.29, 1.82) is 0 Å². The molecule has 0 spiro atoms. The lowest BCUT2D eigenvalue weighted by molar-refractivity contribution is -0.131. The van der Waals surface area contributed by atoms with E-state index in [1.165, 1.54) is 0 Å². The summed E-state index contributed by atoms with van der Waals surface area (Å²) in [6.07, 6.45) is 1.29.